The molecule has 5 heteroatoms. The number of rotatable bonds is 6. The van der Waals surface area contributed by atoms with Gasteiger partial charge in [0.25, 0.3) is 5.91 Å². The van der Waals surface area contributed by atoms with Crippen LogP contribution < -0.4 is 5.32 Å². The number of likely N-dealkylation sites (tertiary alicyclic amines) is 1. The molecule has 0 saturated carbocycles. The summed E-state index contributed by atoms with van der Waals surface area (Å²) in [7, 11) is 0. The summed E-state index contributed by atoms with van der Waals surface area (Å²) in [6.45, 7) is 7.77. The number of fused-ring (bicyclic) bond motifs is 1. The highest BCUT2D eigenvalue weighted by Crippen LogP contribution is 2.21. The maximum atomic E-state index is 12.4. The highest BCUT2D eigenvalue weighted by atomic mass is 16.4. The van der Waals surface area contributed by atoms with E-state index in [1.165, 1.54) is 17.5 Å². The van der Waals surface area contributed by atoms with E-state index in [-0.39, 0.29) is 5.91 Å². The Morgan fingerprint density at radius 1 is 1.19 bits per heavy atom. The minimum atomic E-state index is -0.104. The van der Waals surface area contributed by atoms with Gasteiger partial charge in [-0.05, 0) is 55.6 Å². The normalized spacial score (nSPS) is 20.6. The minimum absolute atomic E-state index is 0.104. The monoisotopic (exact) mass is 367 g/mol. The second kappa shape index (κ2) is 8.28. The molecule has 0 radical (unpaired) electrons. The van der Waals surface area contributed by atoms with Crippen molar-refractivity contribution < 1.29 is 9.21 Å². The zero-order chi connectivity index (χ0) is 18.6. The first-order valence-electron chi connectivity index (χ1n) is 10.1. The van der Waals surface area contributed by atoms with Gasteiger partial charge in [0, 0.05) is 25.7 Å². The quantitative estimate of drug-likeness (QED) is 0.853. The van der Waals surface area contributed by atoms with Gasteiger partial charge in [0.2, 0.25) is 0 Å². The van der Waals surface area contributed by atoms with Crippen LogP contribution in [0.4, 0.5) is 0 Å². The van der Waals surface area contributed by atoms with Crippen LogP contribution >= 0.6 is 0 Å². The number of nitrogens with one attached hydrogen (secondary N) is 1. The van der Waals surface area contributed by atoms with Crippen LogP contribution in [0.3, 0.4) is 0 Å². The van der Waals surface area contributed by atoms with Crippen molar-refractivity contribution >= 4 is 5.91 Å². The fourth-order valence-electron chi connectivity index (χ4n) is 4.33. The van der Waals surface area contributed by atoms with E-state index in [0.29, 0.717) is 18.3 Å². The number of carbonyl (C=O) groups excluding carboxylic acids is 1. The van der Waals surface area contributed by atoms with Gasteiger partial charge in [-0.3, -0.25) is 14.6 Å². The van der Waals surface area contributed by atoms with Crippen molar-refractivity contribution in [1.82, 2.24) is 15.1 Å². The number of hydrogen-bond acceptors (Lipinski definition) is 4. The molecule has 2 aliphatic heterocycles. The van der Waals surface area contributed by atoms with E-state index in [0.717, 1.165) is 51.3 Å². The van der Waals surface area contributed by atoms with E-state index in [1.807, 2.05) is 6.07 Å². The van der Waals surface area contributed by atoms with Crippen molar-refractivity contribution in [3.05, 3.63) is 59.0 Å². The zero-order valence-electron chi connectivity index (χ0n) is 16.1. The van der Waals surface area contributed by atoms with Crippen molar-refractivity contribution in [1.29, 1.82) is 0 Å². The molecule has 1 saturated heterocycles. The fraction of sp³-hybridized carbons (Fsp3) is 0.500. The lowest BCUT2D eigenvalue weighted by Gasteiger charge is -2.27. The Labute approximate surface area is 161 Å². The molecule has 144 valence electrons. The molecule has 27 heavy (non-hydrogen) atoms. The Hall–Kier alpha value is -2.11. The summed E-state index contributed by atoms with van der Waals surface area (Å²) in [6.07, 6.45) is 3.45. The van der Waals surface area contributed by atoms with Crippen molar-refractivity contribution in [3.63, 3.8) is 0 Å². The molecular formula is C22H29N3O2. The third-order valence-electron chi connectivity index (χ3n) is 5.88. The number of carbonyl (C=O) groups is 1. The van der Waals surface area contributed by atoms with Crippen LogP contribution in [-0.4, -0.2) is 47.9 Å². The summed E-state index contributed by atoms with van der Waals surface area (Å²) in [6, 6.07) is 12.8. The predicted octanol–water partition coefficient (Wildman–Crippen LogP) is 3.05. The van der Waals surface area contributed by atoms with Crippen molar-refractivity contribution in [2.75, 3.05) is 26.2 Å². The van der Waals surface area contributed by atoms with Gasteiger partial charge in [-0.15, -0.1) is 0 Å². The number of benzene rings is 1. The standard InChI is InChI=1S/C22H29N3O2/c1-2-25-12-5-8-19(25)14-23-22(26)21-10-9-20(27-21)16-24-13-11-17-6-3-4-7-18(17)15-24/h3-4,6-7,9-10,19H,2,5,8,11-16H2,1H3,(H,23,26)/t19-/m1/s1. The first-order chi connectivity index (χ1) is 13.2. The molecule has 0 unspecified atom stereocenters. The average molecular weight is 367 g/mol. The Balaban J connectivity index is 1.30. The lowest BCUT2D eigenvalue weighted by Crippen LogP contribution is -2.39. The second-order valence-electron chi connectivity index (χ2n) is 7.63. The van der Waals surface area contributed by atoms with Crippen LogP contribution in [-0.2, 0) is 19.5 Å². The van der Waals surface area contributed by atoms with Gasteiger partial charge in [0.05, 0.1) is 6.54 Å². The summed E-state index contributed by atoms with van der Waals surface area (Å²) in [5, 5.41) is 3.05. The van der Waals surface area contributed by atoms with Gasteiger partial charge in [0.1, 0.15) is 5.76 Å². The van der Waals surface area contributed by atoms with Crippen LogP contribution in [0, 0.1) is 0 Å². The van der Waals surface area contributed by atoms with Gasteiger partial charge >= 0.3 is 0 Å². The Bertz CT molecular complexity index is 785. The van der Waals surface area contributed by atoms with Crippen molar-refractivity contribution in [3.8, 4) is 0 Å². The molecule has 0 spiro atoms. The predicted molar refractivity (Wildman–Crippen MR) is 106 cm³/mol. The van der Waals surface area contributed by atoms with Crippen molar-refractivity contribution in [2.45, 2.75) is 45.3 Å². The maximum absolute atomic E-state index is 12.4. The molecule has 1 aromatic heterocycles. The topological polar surface area (TPSA) is 48.7 Å². The Morgan fingerprint density at radius 2 is 2.04 bits per heavy atom. The lowest BCUT2D eigenvalue weighted by atomic mass is 10.00. The molecule has 1 atom stereocenters. The molecule has 1 aromatic carbocycles. The van der Waals surface area contributed by atoms with E-state index in [9.17, 15) is 4.79 Å². The molecule has 0 aliphatic carbocycles. The summed E-state index contributed by atoms with van der Waals surface area (Å²) in [5.74, 6) is 1.17. The zero-order valence-corrected chi connectivity index (χ0v) is 16.1. The van der Waals surface area contributed by atoms with Gasteiger partial charge in [-0.2, -0.15) is 0 Å². The molecule has 1 amide bonds. The van der Waals surface area contributed by atoms with Gasteiger partial charge in [-0.1, -0.05) is 31.2 Å². The molecule has 2 aliphatic rings. The molecule has 0 bridgehead atoms. The third kappa shape index (κ3) is 4.25. The molecular weight excluding hydrogens is 338 g/mol. The van der Waals surface area contributed by atoms with Crippen LogP contribution in [0.1, 0.15) is 47.2 Å². The largest absolute Gasteiger partial charge is 0.455 e. The van der Waals surface area contributed by atoms with E-state index < -0.39 is 0 Å². The number of furan rings is 1. The second-order valence-corrected chi connectivity index (χ2v) is 7.63. The number of hydrogen-bond donors (Lipinski definition) is 1. The summed E-state index contributed by atoms with van der Waals surface area (Å²) >= 11 is 0. The van der Waals surface area contributed by atoms with Crippen LogP contribution in [0.5, 0.6) is 0 Å². The van der Waals surface area contributed by atoms with Gasteiger partial charge in [0.15, 0.2) is 5.76 Å². The molecule has 1 N–H and O–H groups in total. The van der Waals surface area contributed by atoms with Crippen molar-refractivity contribution in [2.24, 2.45) is 0 Å². The minimum Gasteiger partial charge on any atom is -0.455 e. The first-order valence-corrected chi connectivity index (χ1v) is 10.1. The highest BCUT2D eigenvalue weighted by molar-refractivity contribution is 5.91. The fourth-order valence-corrected chi connectivity index (χ4v) is 4.33. The van der Waals surface area contributed by atoms with Gasteiger partial charge < -0.3 is 9.73 Å². The van der Waals surface area contributed by atoms with Crippen LogP contribution in [0.25, 0.3) is 0 Å². The Morgan fingerprint density at radius 3 is 2.89 bits per heavy atom. The lowest BCUT2D eigenvalue weighted by molar-refractivity contribution is 0.0909. The third-order valence-corrected chi connectivity index (χ3v) is 5.88. The molecule has 4 rings (SSSR count). The SMILES string of the molecule is CCN1CCC[C@@H]1CNC(=O)c1ccc(CN2CCc3ccccc3C2)o1. The Kier molecular flexibility index (Phi) is 5.60. The van der Waals surface area contributed by atoms with E-state index >= 15 is 0 Å². The number of amides is 1. The van der Waals surface area contributed by atoms with Crippen LogP contribution in [0.15, 0.2) is 40.8 Å². The highest BCUT2D eigenvalue weighted by Gasteiger charge is 2.24. The number of likely N-dealkylation sites (N-methyl/N-ethyl adjacent to an activating group) is 1. The van der Waals surface area contributed by atoms with Crippen LogP contribution in [0.2, 0.25) is 0 Å². The molecule has 1 fully saturated rings. The average Bonchev–Trinajstić information content (AvgIpc) is 3.35. The molecule has 3 heterocycles. The maximum Gasteiger partial charge on any atom is 0.287 e. The number of nitrogens with zero attached hydrogens (tertiary/aromatic N) is 2. The van der Waals surface area contributed by atoms with E-state index in [4.69, 9.17) is 4.42 Å². The first kappa shape index (κ1) is 18.3. The molecule has 2 aromatic rings. The smallest absolute Gasteiger partial charge is 0.287 e. The summed E-state index contributed by atoms with van der Waals surface area (Å²) in [5.41, 5.74) is 2.84. The summed E-state index contributed by atoms with van der Waals surface area (Å²) in [4.78, 5) is 17.2. The van der Waals surface area contributed by atoms with E-state index in [2.05, 4.69) is 46.3 Å². The van der Waals surface area contributed by atoms with E-state index in [1.54, 1.807) is 6.07 Å². The summed E-state index contributed by atoms with van der Waals surface area (Å²) < 4.78 is 5.84. The van der Waals surface area contributed by atoms with Gasteiger partial charge in [-0.25, -0.2) is 0 Å². The molecule has 5 nitrogen and oxygen atoms in total.